The Balaban J connectivity index is 1.10. The van der Waals surface area contributed by atoms with Crippen molar-refractivity contribution in [1.82, 2.24) is 9.55 Å². The molecule has 55 heavy (non-hydrogen) atoms. The quantitative estimate of drug-likeness (QED) is 0.164. The highest BCUT2D eigenvalue weighted by Crippen LogP contribution is 2.45. The lowest BCUT2D eigenvalue weighted by Crippen LogP contribution is -1.98. The van der Waals surface area contributed by atoms with Gasteiger partial charge in [0.2, 0.25) is 0 Å². The van der Waals surface area contributed by atoms with E-state index in [9.17, 15) is 0 Å². The molecule has 0 atom stereocenters. The molecule has 1 aromatic heterocycles. The summed E-state index contributed by atoms with van der Waals surface area (Å²) in [5.41, 5.74) is 11.6. The molecule has 0 radical (unpaired) electrons. The van der Waals surface area contributed by atoms with Crippen molar-refractivity contribution in [1.29, 1.82) is 0 Å². The average molecular weight is 699 g/mol. The van der Waals surface area contributed by atoms with Crippen LogP contribution in [-0.4, -0.2) is 9.55 Å². The minimum Gasteiger partial charge on any atom is -0.292 e. The fourth-order valence-corrected chi connectivity index (χ4v) is 8.70. The lowest BCUT2D eigenvalue weighted by Gasteiger charge is -2.18. The van der Waals surface area contributed by atoms with Crippen LogP contribution >= 0.6 is 0 Å². The van der Waals surface area contributed by atoms with Gasteiger partial charge in [0.25, 0.3) is 0 Å². The third-order valence-corrected chi connectivity index (χ3v) is 11.2. The molecule has 1 heterocycles. The number of hydrogen-bond acceptors (Lipinski definition) is 1. The van der Waals surface area contributed by atoms with Gasteiger partial charge in [-0.25, -0.2) is 4.98 Å². The van der Waals surface area contributed by atoms with E-state index in [-0.39, 0.29) is 0 Å². The molecule has 0 saturated heterocycles. The van der Waals surface area contributed by atoms with E-state index < -0.39 is 0 Å². The van der Waals surface area contributed by atoms with Gasteiger partial charge in [0.05, 0.1) is 11.0 Å². The first-order chi connectivity index (χ1) is 27.3. The standard InChI is InChI=1S/C53H34N2/c1-3-16-38(17-4-1)53-54-49-34-48(42-21-9-14-26-47(42)52(49)55(53)41-19-5-2-6-20-41)36-28-30-37(31-29-36)50-43-22-10-12-24-45(43)51(46-25-13-11-23-44(46)50)40-32-27-35-15-7-8-18-39(35)33-40/h1-34H. The summed E-state index contributed by atoms with van der Waals surface area (Å²) >= 11 is 0. The molecule has 0 aliphatic carbocycles. The molecule has 0 fully saturated rings. The van der Waals surface area contributed by atoms with E-state index in [0.29, 0.717) is 0 Å². The SMILES string of the molecule is c1ccc(-c2nc3cc(-c4ccc(-c5c6ccccc6c(-c6ccc7ccccc7c6)c6ccccc56)cc4)c4ccccc4c3n2-c2ccccc2)cc1. The summed E-state index contributed by atoms with van der Waals surface area (Å²) in [6.07, 6.45) is 0. The van der Waals surface area contributed by atoms with E-state index in [1.807, 2.05) is 0 Å². The minimum absolute atomic E-state index is 0.936. The van der Waals surface area contributed by atoms with Crippen LogP contribution in [0.1, 0.15) is 0 Å². The smallest absolute Gasteiger partial charge is 0.145 e. The maximum atomic E-state index is 5.34. The van der Waals surface area contributed by atoms with Crippen LogP contribution < -0.4 is 0 Å². The third kappa shape index (κ3) is 5.07. The Morgan fingerprint density at radius 2 is 0.818 bits per heavy atom. The molecule has 0 bridgehead atoms. The van der Waals surface area contributed by atoms with Crippen molar-refractivity contribution in [2.75, 3.05) is 0 Å². The van der Waals surface area contributed by atoms with Crippen LogP contribution in [0, 0.1) is 0 Å². The number of nitrogens with zero attached hydrogens (tertiary/aromatic N) is 2. The van der Waals surface area contributed by atoms with E-state index >= 15 is 0 Å². The van der Waals surface area contributed by atoms with Crippen LogP contribution in [0.2, 0.25) is 0 Å². The van der Waals surface area contributed by atoms with Gasteiger partial charge in [0.1, 0.15) is 5.82 Å². The topological polar surface area (TPSA) is 17.8 Å². The van der Waals surface area contributed by atoms with E-state index in [4.69, 9.17) is 4.98 Å². The second-order valence-electron chi connectivity index (χ2n) is 14.3. The molecule has 0 N–H and O–H groups in total. The normalized spacial score (nSPS) is 11.6. The molecule has 0 aliphatic heterocycles. The van der Waals surface area contributed by atoms with Crippen molar-refractivity contribution in [3.63, 3.8) is 0 Å². The Kier molecular flexibility index (Phi) is 7.21. The number of para-hydroxylation sites is 1. The molecule has 11 rings (SSSR count). The van der Waals surface area contributed by atoms with Crippen molar-refractivity contribution in [2.45, 2.75) is 0 Å². The predicted molar refractivity (Wildman–Crippen MR) is 233 cm³/mol. The summed E-state index contributed by atoms with van der Waals surface area (Å²) in [6.45, 7) is 0. The molecule has 10 aromatic carbocycles. The predicted octanol–water partition coefficient (Wildman–Crippen LogP) is 14.3. The first-order valence-electron chi connectivity index (χ1n) is 18.9. The van der Waals surface area contributed by atoms with Gasteiger partial charge < -0.3 is 0 Å². The molecule has 0 amide bonds. The summed E-state index contributed by atoms with van der Waals surface area (Å²) in [5, 5.41) is 9.92. The van der Waals surface area contributed by atoms with Crippen molar-refractivity contribution in [3.05, 3.63) is 206 Å². The van der Waals surface area contributed by atoms with E-state index in [0.717, 1.165) is 28.1 Å². The molecule has 0 aliphatic rings. The summed E-state index contributed by atoms with van der Waals surface area (Å²) in [4.78, 5) is 5.34. The van der Waals surface area contributed by atoms with E-state index in [1.165, 1.54) is 76.5 Å². The molecule has 0 saturated carbocycles. The van der Waals surface area contributed by atoms with Crippen LogP contribution in [-0.2, 0) is 0 Å². The molecule has 0 unspecified atom stereocenters. The second-order valence-corrected chi connectivity index (χ2v) is 14.3. The number of benzene rings is 10. The number of imidazole rings is 1. The van der Waals surface area contributed by atoms with Gasteiger partial charge in [-0.2, -0.15) is 0 Å². The number of hydrogen-bond donors (Lipinski definition) is 0. The van der Waals surface area contributed by atoms with Crippen molar-refractivity contribution < 1.29 is 0 Å². The van der Waals surface area contributed by atoms with Gasteiger partial charge in [-0.15, -0.1) is 0 Å². The average Bonchev–Trinajstić information content (AvgIpc) is 3.66. The minimum atomic E-state index is 0.936. The zero-order chi connectivity index (χ0) is 36.3. The number of rotatable bonds is 5. The van der Waals surface area contributed by atoms with E-state index in [1.54, 1.807) is 0 Å². The van der Waals surface area contributed by atoms with Gasteiger partial charge in [0.15, 0.2) is 0 Å². The molecule has 2 heteroatoms. The summed E-state index contributed by atoms with van der Waals surface area (Å²) in [5.74, 6) is 0.936. The number of fused-ring (bicyclic) bond motifs is 6. The first-order valence-corrected chi connectivity index (χ1v) is 18.9. The molecular weight excluding hydrogens is 665 g/mol. The number of aromatic nitrogens is 2. The van der Waals surface area contributed by atoms with Crippen LogP contribution in [0.3, 0.4) is 0 Å². The maximum Gasteiger partial charge on any atom is 0.145 e. The van der Waals surface area contributed by atoms with Crippen LogP contribution in [0.15, 0.2) is 206 Å². The molecule has 0 spiro atoms. The van der Waals surface area contributed by atoms with Crippen molar-refractivity contribution >= 4 is 54.1 Å². The summed E-state index contributed by atoms with van der Waals surface area (Å²) in [6, 6.07) is 74.6. The fourth-order valence-electron chi connectivity index (χ4n) is 8.70. The molecule has 11 aromatic rings. The first kappa shape index (κ1) is 31.3. The Morgan fingerprint density at radius 1 is 0.327 bits per heavy atom. The molecule has 2 nitrogen and oxygen atoms in total. The fraction of sp³-hybridized carbons (Fsp3) is 0. The molecule has 256 valence electrons. The Morgan fingerprint density at radius 3 is 1.47 bits per heavy atom. The molecular formula is C53H34N2. The van der Waals surface area contributed by atoms with Crippen molar-refractivity contribution in [2.24, 2.45) is 0 Å². The van der Waals surface area contributed by atoms with Gasteiger partial charge >= 0.3 is 0 Å². The zero-order valence-corrected chi connectivity index (χ0v) is 30.0. The summed E-state index contributed by atoms with van der Waals surface area (Å²) in [7, 11) is 0. The highest BCUT2D eigenvalue weighted by Gasteiger charge is 2.20. The van der Waals surface area contributed by atoms with Crippen LogP contribution in [0.5, 0.6) is 0 Å². The van der Waals surface area contributed by atoms with Gasteiger partial charge in [-0.3, -0.25) is 4.57 Å². The lowest BCUT2D eigenvalue weighted by molar-refractivity contribution is 1.11. The Bertz CT molecular complexity index is 3170. The highest BCUT2D eigenvalue weighted by molar-refractivity contribution is 6.22. The summed E-state index contributed by atoms with van der Waals surface area (Å²) < 4.78 is 2.32. The third-order valence-electron chi connectivity index (χ3n) is 11.2. The van der Waals surface area contributed by atoms with E-state index in [2.05, 4.69) is 211 Å². The van der Waals surface area contributed by atoms with Gasteiger partial charge in [-0.05, 0) is 95.3 Å². The van der Waals surface area contributed by atoms with Gasteiger partial charge in [-0.1, -0.05) is 182 Å². The highest BCUT2D eigenvalue weighted by atomic mass is 15.1. The largest absolute Gasteiger partial charge is 0.292 e. The van der Waals surface area contributed by atoms with Crippen LogP contribution in [0.25, 0.3) is 105 Å². The van der Waals surface area contributed by atoms with Gasteiger partial charge in [0, 0.05) is 16.6 Å². The maximum absolute atomic E-state index is 5.34. The second kappa shape index (κ2) is 12.7. The Labute approximate surface area is 319 Å². The monoisotopic (exact) mass is 698 g/mol. The lowest BCUT2D eigenvalue weighted by atomic mass is 9.85. The van der Waals surface area contributed by atoms with Crippen molar-refractivity contribution in [3.8, 4) is 50.5 Å². The Hall–Kier alpha value is -7.29. The zero-order valence-electron chi connectivity index (χ0n) is 30.0. The van der Waals surface area contributed by atoms with Crippen LogP contribution in [0.4, 0.5) is 0 Å².